The molecular weight excluding hydrogens is 242 g/mol. The Hall–Kier alpha value is -1.84. The molecule has 1 aromatic rings. The van der Waals surface area contributed by atoms with E-state index in [1.54, 1.807) is 0 Å². The first-order chi connectivity index (χ1) is 8.89. The number of esters is 1. The van der Waals surface area contributed by atoms with Gasteiger partial charge in [-0.05, 0) is 5.56 Å². The molecule has 104 valence electrons. The second kappa shape index (κ2) is 6.92. The van der Waals surface area contributed by atoms with E-state index in [1.165, 1.54) is 0 Å². The van der Waals surface area contributed by atoms with Crippen LogP contribution in [0.4, 0.5) is 0 Å². The van der Waals surface area contributed by atoms with E-state index in [9.17, 15) is 9.59 Å². The quantitative estimate of drug-likeness (QED) is 0.829. The van der Waals surface area contributed by atoms with E-state index in [0.29, 0.717) is 6.54 Å². The van der Waals surface area contributed by atoms with Crippen LogP contribution in [0.2, 0.25) is 0 Å². The van der Waals surface area contributed by atoms with Crippen molar-refractivity contribution in [3.63, 3.8) is 0 Å². The zero-order chi connectivity index (χ0) is 14.3. The highest BCUT2D eigenvalue weighted by molar-refractivity contribution is 5.81. The number of amides is 1. The minimum absolute atomic E-state index is 0.0663. The molecule has 0 heterocycles. The van der Waals surface area contributed by atoms with Gasteiger partial charge in [0.05, 0.1) is 6.42 Å². The molecule has 19 heavy (non-hydrogen) atoms. The molecule has 4 heteroatoms. The maximum atomic E-state index is 11.6. The third-order valence-electron chi connectivity index (χ3n) is 2.54. The van der Waals surface area contributed by atoms with Gasteiger partial charge in [0.2, 0.25) is 5.91 Å². The third kappa shape index (κ3) is 6.04. The van der Waals surface area contributed by atoms with Gasteiger partial charge >= 0.3 is 5.97 Å². The molecule has 0 fully saturated rings. The van der Waals surface area contributed by atoms with Gasteiger partial charge in [0.25, 0.3) is 0 Å². The minimum atomic E-state index is -0.437. The Morgan fingerprint density at radius 1 is 1.16 bits per heavy atom. The SMILES string of the molecule is CC(C)(C)C(=O)NCCC(=O)OCc1ccccc1. The maximum absolute atomic E-state index is 11.6. The van der Waals surface area contributed by atoms with Gasteiger partial charge in [0, 0.05) is 12.0 Å². The molecule has 0 atom stereocenters. The lowest BCUT2D eigenvalue weighted by atomic mass is 9.96. The second-order valence-electron chi connectivity index (χ2n) is 5.40. The molecule has 0 aliphatic carbocycles. The number of ether oxygens (including phenoxy) is 1. The number of carbonyl (C=O) groups is 2. The van der Waals surface area contributed by atoms with E-state index >= 15 is 0 Å². The van der Waals surface area contributed by atoms with E-state index in [2.05, 4.69) is 5.32 Å². The van der Waals surface area contributed by atoms with Crippen LogP contribution in [-0.2, 0) is 20.9 Å². The van der Waals surface area contributed by atoms with Gasteiger partial charge in [-0.1, -0.05) is 51.1 Å². The zero-order valence-electron chi connectivity index (χ0n) is 11.7. The van der Waals surface area contributed by atoms with Crippen LogP contribution in [0.15, 0.2) is 30.3 Å². The summed E-state index contributed by atoms with van der Waals surface area (Å²) in [6.07, 6.45) is 0.189. The van der Waals surface area contributed by atoms with Crippen LogP contribution in [0.5, 0.6) is 0 Å². The summed E-state index contributed by atoms with van der Waals surface area (Å²) >= 11 is 0. The number of benzene rings is 1. The molecule has 1 N–H and O–H groups in total. The summed E-state index contributed by atoms with van der Waals surface area (Å²) in [6.45, 7) is 6.07. The maximum Gasteiger partial charge on any atom is 0.307 e. The molecule has 0 bridgehead atoms. The molecule has 0 aromatic heterocycles. The predicted octanol–water partition coefficient (Wildman–Crippen LogP) is 2.28. The van der Waals surface area contributed by atoms with Crippen molar-refractivity contribution in [1.82, 2.24) is 5.32 Å². The van der Waals surface area contributed by atoms with Crippen LogP contribution in [0.3, 0.4) is 0 Å². The van der Waals surface area contributed by atoms with Crippen LogP contribution in [0.1, 0.15) is 32.8 Å². The Balaban J connectivity index is 2.20. The molecule has 1 aromatic carbocycles. The smallest absolute Gasteiger partial charge is 0.307 e. The molecule has 0 aliphatic heterocycles. The van der Waals surface area contributed by atoms with Crippen LogP contribution in [0.25, 0.3) is 0 Å². The minimum Gasteiger partial charge on any atom is -0.461 e. The molecule has 0 saturated carbocycles. The Morgan fingerprint density at radius 2 is 1.79 bits per heavy atom. The Morgan fingerprint density at radius 3 is 2.37 bits per heavy atom. The van der Waals surface area contributed by atoms with E-state index in [4.69, 9.17) is 4.74 Å². The van der Waals surface area contributed by atoms with E-state index in [1.807, 2.05) is 51.1 Å². The van der Waals surface area contributed by atoms with Crippen molar-refractivity contribution in [2.24, 2.45) is 5.41 Å². The van der Waals surface area contributed by atoms with E-state index < -0.39 is 5.41 Å². The highest BCUT2D eigenvalue weighted by Crippen LogP contribution is 2.12. The van der Waals surface area contributed by atoms with Crippen molar-refractivity contribution in [1.29, 1.82) is 0 Å². The van der Waals surface area contributed by atoms with Crippen molar-refractivity contribution in [3.8, 4) is 0 Å². The van der Waals surface area contributed by atoms with Crippen LogP contribution < -0.4 is 5.32 Å². The fraction of sp³-hybridized carbons (Fsp3) is 0.467. The topological polar surface area (TPSA) is 55.4 Å². The first kappa shape index (κ1) is 15.2. The molecule has 1 amide bonds. The molecule has 0 radical (unpaired) electrons. The largest absolute Gasteiger partial charge is 0.461 e. The monoisotopic (exact) mass is 263 g/mol. The molecule has 4 nitrogen and oxygen atoms in total. The fourth-order valence-corrected chi connectivity index (χ4v) is 1.35. The number of rotatable bonds is 5. The van der Waals surface area contributed by atoms with Gasteiger partial charge in [-0.15, -0.1) is 0 Å². The van der Waals surface area contributed by atoms with Crippen molar-refractivity contribution < 1.29 is 14.3 Å². The summed E-state index contributed by atoms with van der Waals surface area (Å²) in [5, 5.41) is 2.71. The normalized spacial score (nSPS) is 10.9. The Kier molecular flexibility index (Phi) is 5.55. The van der Waals surface area contributed by atoms with Crippen LogP contribution >= 0.6 is 0 Å². The standard InChI is InChI=1S/C15H21NO3/c1-15(2,3)14(18)16-10-9-13(17)19-11-12-7-5-4-6-8-12/h4-8H,9-11H2,1-3H3,(H,16,18). The molecular formula is C15H21NO3. The van der Waals surface area contributed by atoms with Crippen LogP contribution in [0, 0.1) is 5.41 Å². The summed E-state index contributed by atoms with van der Waals surface area (Å²) < 4.78 is 5.11. The lowest BCUT2D eigenvalue weighted by molar-refractivity contribution is -0.144. The Bertz CT molecular complexity index is 421. The van der Waals surface area contributed by atoms with Gasteiger partial charge in [0.15, 0.2) is 0 Å². The zero-order valence-corrected chi connectivity index (χ0v) is 11.7. The van der Waals surface area contributed by atoms with Gasteiger partial charge in [-0.2, -0.15) is 0 Å². The number of nitrogens with one attached hydrogen (secondary N) is 1. The van der Waals surface area contributed by atoms with Gasteiger partial charge in [0.1, 0.15) is 6.61 Å². The van der Waals surface area contributed by atoms with E-state index in [0.717, 1.165) is 5.56 Å². The molecule has 1 rings (SSSR count). The Labute approximate surface area is 114 Å². The first-order valence-electron chi connectivity index (χ1n) is 6.37. The first-order valence-corrected chi connectivity index (χ1v) is 6.37. The summed E-state index contributed by atoms with van der Waals surface area (Å²) in [4.78, 5) is 23.0. The summed E-state index contributed by atoms with van der Waals surface area (Å²) in [5.74, 6) is -0.374. The molecule has 0 spiro atoms. The summed E-state index contributed by atoms with van der Waals surface area (Å²) in [5.41, 5.74) is 0.517. The molecule has 0 saturated heterocycles. The average Bonchev–Trinajstić information content (AvgIpc) is 2.36. The van der Waals surface area contributed by atoms with Crippen LogP contribution in [-0.4, -0.2) is 18.4 Å². The third-order valence-corrected chi connectivity index (χ3v) is 2.54. The van der Waals surface area contributed by atoms with Crippen molar-refractivity contribution in [2.45, 2.75) is 33.8 Å². The summed E-state index contributed by atoms with van der Waals surface area (Å²) in [6, 6.07) is 9.50. The fourth-order valence-electron chi connectivity index (χ4n) is 1.35. The highest BCUT2D eigenvalue weighted by atomic mass is 16.5. The highest BCUT2D eigenvalue weighted by Gasteiger charge is 2.20. The lowest BCUT2D eigenvalue weighted by Crippen LogP contribution is -2.36. The molecule has 0 unspecified atom stereocenters. The van der Waals surface area contributed by atoms with Gasteiger partial charge in [-0.25, -0.2) is 0 Å². The number of carbonyl (C=O) groups excluding carboxylic acids is 2. The average molecular weight is 263 g/mol. The van der Waals surface area contributed by atoms with Crippen molar-refractivity contribution >= 4 is 11.9 Å². The number of hydrogen-bond acceptors (Lipinski definition) is 3. The second-order valence-corrected chi connectivity index (χ2v) is 5.40. The van der Waals surface area contributed by atoms with E-state index in [-0.39, 0.29) is 24.9 Å². The summed E-state index contributed by atoms with van der Waals surface area (Å²) in [7, 11) is 0. The van der Waals surface area contributed by atoms with Gasteiger partial charge in [-0.3, -0.25) is 9.59 Å². The lowest BCUT2D eigenvalue weighted by Gasteiger charge is -2.17. The van der Waals surface area contributed by atoms with Gasteiger partial charge < -0.3 is 10.1 Å². The van der Waals surface area contributed by atoms with Crippen molar-refractivity contribution in [2.75, 3.05) is 6.54 Å². The predicted molar refractivity (Wildman–Crippen MR) is 73.3 cm³/mol. The molecule has 0 aliphatic rings. The number of hydrogen-bond donors (Lipinski definition) is 1. The van der Waals surface area contributed by atoms with Crippen molar-refractivity contribution in [3.05, 3.63) is 35.9 Å².